The van der Waals surface area contributed by atoms with Crippen molar-refractivity contribution in [1.29, 1.82) is 0 Å². The van der Waals surface area contributed by atoms with Crippen LogP contribution in [-0.2, 0) is 0 Å². The molecule has 0 amide bonds. The largest absolute Gasteiger partial charge is 0.350 e. The lowest BCUT2D eigenvalue weighted by atomic mass is 10.2. The van der Waals surface area contributed by atoms with Crippen LogP contribution in [0.5, 0.6) is 0 Å². The van der Waals surface area contributed by atoms with E-state index < -0.39 is 11.2 Å². The molecular formula is C12H13N3O2. The zero-order valence-corrected chi connectivity index (χ0v) is 9.63. The molecule has 1 aromatic carbocycles. The minimum absolute atomic E-state index is 0.357. The smallest absolute Gasteiger partial charge is 0.326 e. The van der Waals surface area contributed by atoms with Gasteiger partial charge in [0.1, 0.15) is 5.69 Å². The second-order valence-corrected chi connectivity index (χ2v) is 3.90. The molecule has 2 aromatic rings. The van der Waals surface area contributed by atoms with Crippen molar-refractivity contribution in [3.63, 3.8) is 0 Å². The van der Waals surface area contributed by atoms with E-state index in [2.05, 4.69) is 15.3 Å². The molecule has 0 aliphatic carbocycles. The minimum atomic E-state index is -0.498. The van der Waals surface area contributed by atoms with Crippen LogP contribution >= 0.6 is 0 Å². The van der Waals surface area contributed by atoms with Crippen molar-refractivity contribution >= 4 is 11.4 Å². The highest BCUT2D eigenvalue weighted by molar-refractivity contribution is 5.60. The molecule has 0 bridgehead atoms. The van der Waals surface area contributed by atoms with Crippen LogP contribution in [0, 0.1) is 13.8 Å². The van der Waals surface area contributed by atoms with Gasteiger partial charge in [-0.2, -0.15) is 0 Å². The fourth-order valence-corrected chi connectivity index (χ4v) is 1.62. The summed E-state index contributed by atoms with van der Waals surface area (Å²) >= 11 is 0. The Kier molecular flexibility index (Phi) is 2.82. The normalized spacial score (nSPS) is 10.2. The van der Waals surface area contributed by atoms with Gasteiger partial charge in [-0.3, -0.25) is 9.78 Å². The number of rotatable bonds is 2. The van der Waals surface area contributed by atoms with Crippen LogP contribution in [0.4, 0.5) is 11.4 Å². The molecule has 0 spiro atoms. The van der Waals surface area contributed by atoms with Gasteiger partial charge in [0.15, 0.2) is 0 Å². The van der Waals surface area contributed by atoms with Crippen molar-refractivity contribution < 1.29 is 0 Å². The molecule has 0 fully saturated rings. The van der Waals surface area contributed by atoms with Gasteiger partial charge in [-0.05, 0) is 31.5 Å². The maximum absolute atomic E-state index is 11.6. The predicted octanol–water partition coefficient (Wildman–Crippen LogP) is 1.42. The molecule has 0 aliphatic rings. The molecule has 1 aromatic heterocycles. The molecular weight excluding hydrogens is 218 g/mol. The van der Waals surface area contributed by atoms with E-state index in [4.69, 9.17) is 0 Å². The number of hydrogen-bond donors (Lipinski definition) is 3. The third kappa shape index (κ3) is 2.44. The summed E-state index contributed by atoms with van der Waals surface area (Å²) in [6.45, 7) is 3.64. The molecule has 5 heteroatoms. The van der Waals surface area contributed by atoms with Gasteiger partial charge in [-0.25, -0.2) is 4.79 Å². The maximum atomic E-state index is 11.6. The Hall–Kier alpha value is -2.30. The molecule has 3 N–H and O–H groups in total. The number of aryl methyl sites for hydroxylation is 2. The summed E-state index contributed by atoms with van der Waals surface area (Å²) in [6, 6.07) is 7.64. The van der Waals surface area contributed by atoms with E-state index in [1.54, 1.807) is 6.92 Å². The minimum Gasteiger partial charge on any atom is -0.350 e. The van der Waals surface area contributed by atoms with Crippen LogP contribution in [0.2, 0.25) is 0 Å². The summed E-state index contributed by atoms with van der Waals surface area (Å²) < 4.78 is 0. The average Bonchev–Trinajstić information content (AvgIpc) is 2.23. The van der Waals surface area contributed by atoms with Crippen LogP contribution < -0.4 is 16.6 Å². The van der Waals surface area contributed by atoms with Gasteiger partial charge in [0.2, 0.25) is 0 Å². The van der Waals surface area contributed by atoms with Gasteiger partial charge < -0.3 is 10.3 Å². The summed E-state index contributed by atoms with van der Waals surface area (Å²) in [5, 5.41) is 2.99. The molecule has 1 heterocycles. The van der Waals surface area contributed by atoms with Gasteiger partial charge in [-0.1, -0.05) is 12.1 Å². The van der Waals surface area contributed by atoms with E-state index in [0.29, 0.717) is 11.4 Å². The summed E-state index contributed by atoms with van der Waals surface area (Å²) in [6.07, 6.45) is 0. The lowest BCUT2D eigenvalue weighted by Crippen LogP contribution is -2.25. The van der Waals surface area contributed by atoms with E-state index >= 15 is 0 Å². The maximum Gasteiger partial charge on any atom is 0.326 e. The molecule has 0 saturated carbocycles. The van der Waals surface area contributed by atoms with Gasteiger partial charge in [0.25, 0.3) is 5.56 Å². The Balaban J connectivity index is 2.43. The lowest BCUT2D eigenvalue weighted by molar-refractivity contribution is 0.998. The number of aromatic nitrogens is 2. The predicted molar refractivity (Wildman–Crippen MR) is 66.9 cm³/mol. The zero-order valence-electron chi connectivity index (χ0n) is 9.63. The van der Waals surface area contributed by atoms with Gasteiger partial charge in [-0.15, -0.1) is 0 Å². The molecule has 0 saturated heterocycles. The SMILES string of the molecule is Cc1cccc(Nc2c(C)[nH]c(=O)[nH]c2=O)c1. The van der Waals surface area contributed by atoms with Crippen LogP contribution in [0.3, 0.4) is 0 Å². The van der Waals surface area contributed by atoms with E-state index in [1.807, 2.05) is 31.2 Å². The Bertz CT molecular complexity index is 655. The number of anilines is 2. The Morgan fingerprint density at radius 1 is 1.12 bits per heavy atom. The first kappa shape index (κ1) is 11.2. The third-order valence-electron chi connectivity index (χ3n) is 2.42. The third-order valence-corrected chi connectivity index (χ3v) is 2.42. The molecule has 5 nitrogen and oxygen atoms in total. The Labute approximate surface area is 97.5 Å². The number of nitrogens with one attached hydrogen (secondary N) is 3. The molecule has 0 unspecified atom stereocenters. The summed E-state index contributed by atoms with van der Waals surface area (Å²) in [5.74, 6) is 0. The highest BCUT2D eigenvalue weighted by atomic mass is 16.2. The number of benzene rings is 1. The fourth-order valence-electron chi connectivity index (χ4n) is 1.62. The van der Waals surface area contributed by atoms with E-state index in [1.165, 1.54) is 0 Å². The number of aromatic amines is 2. The molecule has 0 atom stereocenters. The topological polar surface area (TPSA) is 77.8 Å². The average molecular weight is 231 g/mol. The van der Waals surface area contributed by atoms with Crippen molar-refractivity contribution in [3.8, 4) is 0 Å². The lowest BCUT2D eigenvalue weighted by Gasteiger charge is -2.08. The van der Waals surface area contributed by atoms with Crippen molar-refractivity contribution in [1.82, 2.24) is 9.97 Å². The van der Waals surface area contributed by atoms with Crippen molar-refractivity contribution in [2.75, 3.05) is 5.32 Å². The molecule has 2 rings (SSSR count). The molecule has 17 heavy (non-hydrogen) atoms. The summed E-state index contributed by atoms with van der Waals surface area (Å²) in [4.78, 5) is 27.4. The van der Waals surface area contributed by atoms with Crippen molar-refractivity contribution in [2.45, 2.75) is 13.8 Å². The van der Waals surface area contributed by atoms with Gasteiger partial charge >= 0.3 is 5.69 Å². The van der Waals surface area contributed by atoms with Crippen molar-refractivity contribution in [2.24, 2.45) is 0 Å². The molecule has 0 aliphatic heterocycles. The van der Waals surface area contributed by atoms with Gasteiger partial charge in [0, 0.05) is 11.4 Å². The van der Waals surface area contributed by atoms with E-state index in [9.17, 15) is 9.59 Å². The first-order chi connectivity index (χ1) is 8.06. The van der Waals surface area contributed by atoms with Crippen molar-refractivity contribution in [3.05, 3.63) is 56.4 Å². The number of H-pyrrole nitrogens is 2. The highest BCUT2D eigenvalue weighted by Crippen LogP contribution is 2.15. The van der Waals surface area contributed by atoms with Crippen LogP contribution in [0.15, 0.2) is 33.9 Å². The molecule has 88 valence electrons. The fraction of sp³-hybridized carbons (Fsp3) is 0.167. The van der Waals surface area contributed by atoms with E-state index in [0.717, 1.165) is 11.3 Å². The quantitative estimate of drug-likeness (QED) is 0.731. The summed E-state index contributed by atoms with van der Waals surface area (Å²) in [5.41, 5.74) is 1.85. The zero-order chi connectivity index (χ0) is 12.4. The highest BCUT2D eigenvalue weighted by Gasteiger charge is 2.05. The summed E-state index contributed by atoms with van der Waals surface area (Å²) in [7, 11) is 0. The first-order valence-corrected chi connectivity index (χ1v) is 5.23. The first-order valence-electron chi connectivity index (χ1n) is 5.23. The van der Waals surface area contributed by atoms with Gasteiger partial charge in [0.05, 0.1) is 0 Å². The standard InChI is InChI=1S/C12H13N3O2/c1-7-4-3-5-9(6-7)14-10-8(2)13-12(17)15-11(10)16/h3-6,14H,1-2H3,(H2,13,15,16,17). The molecule has 0 radical (unpaired) electrons. The van der Waals surface area contributed by atoms with E-state index in [-0.39, 0.29) is 0 Å². The van der Waals surface area contributed by atoms with Crippen LogP contribution in [0.1, 0.15) is 11.3 Å². The second-order valence-electron chi connectivity index (χ2n) is 3.90. The van der Waals surface area contributed by atoms with Crippen LogP contribution in [-0.4, -0.2) is 9.97 Å². The second kappa shape index (κ2) is 4.29. The number of hydrogen-bond acceptors (Lipinski definition) is 3. The monoisotopic (exact) mass is 231 g/mol. The van der Waals surface area contributed by atoms with Crippen LogP contribution in [0.25, 0.3) is 0 Å². The Morgan fingerprint density at radius 3 is 2.53 bits per heavy atom. The Morgan fingerprint density at radius 2 is 1.88 bits per heavy atom.